The Morgan fingerprint density at radius 3 is 2.53 bits per heavy atom. The summed E-state index contributed by atoms with van der Waals surface area (Å²) in [5.74, 6) is 0.00934. The molecular weight excluding hydrogens is 465 g/mol. The number of carbonyl (C=O) groups is 1. The molecule has 34 heavy (non-hydrogen) atoms. The molecule has 0 bridgehead atoms. The highest BCUT2D eigenvalue weighted by Crippen LogP contribution is 2.34. The summed E-state index contributed by atoms with van der Waals surface area (Å²) in [5, 5.41) is 2.92. The number of alkyl halides is 3. The molecule has 1 N–H and O–H groups in total. The highest BCUT2D eigenvalue weighted by atomic mass is 35.5. The topological polar surface area (TPSA) is 58.1 Å². The van der Waals surface area contributed by atoms with Gasteiger partial charge in [-0.05, 0) is 54.8 Å². The second-order valence-electron chi connectivity index (χ2n) is 7.99. The fourth-order valence-corrected chi connectivity index (χ4v) is 4.08. The second-order valence-corrected chi connectivity index (χ2v) is 8.40. The molecule has 0 aliphatic carbocycles. The van der Waals surface area contributed by atoms with E-state index in [9.17, 15) is 18.0 Å². The summed E-state index contributed by atoms with van der Waals surface area (Å²) in [4.78, 5) is 22.8. The molecule has 3 heterocycles. The predicted octanol–water partition coefficient (Wildman–Crippen LogP) is 6.17. The molecule has 0 unspecified atom stereocenters. The normalized spacial score (nSPS) is 15.0. The zero-order chi connectivity index (χ0) is 24.1. The summed E-state index contributed by atoms with van der Waals surface area (Å²) in [6, 6.07) is 14.1. The molecule has 1 aliphatic rings. The number of nitrogens with one attached hydrogen (secondary N) is 1. The number of rotatable bonds is 5. The Labute approximate surface area is 200 Å². The standard InChI is InChI=1S/C25H22ClF3N4O/c26-22-15-19(25(27,28)29)16-31-23(22)33-12-9-18(10-13-33)24(34)32-21-6-3-4-17(14-21)7-8-20-5-1-2-11-30-20/h1-8,11,14-16,18H,9-10,12-13H2,(H,32,34). The number of pyridine rings is 2. The van der Waals surface area contributed by atoms with Gasteiger partial charge in [-0.3, -0.25) is 9.78 Å². The molecule has 1 aliphatic heterocycles. The van der Waals surface area contributed by atoms with Gasteiger partial charge in [-0.25, -0.2) is 4.98 Å². The highest BCUT2D eigenvalue weighted by Gasteiger charge is 2.33. The van der Waals surface area contributed by atoms with Crippen molar-refractivity contribution in [3.63, 3.8) is 0 Å². The molecule has 2 aromatic heterocycles. The molecule has 1 saturated heterocycles. The monoisotopic (exact) mass is 486 g/mol. The van der Waals surface area contributed by atoms with Crippen LogP contribution in [0.3, 0.4) is 0 Å². The van der Waals surface area contributed by atoms with E-state index in [-0.39, 0.29) is 16.8 Å². The van der Waals surface area contributed by atoms with Crippen LogP contribution >= 0.6 is 11.6 Å². The molecule has 0 spiro atoms. The average molecular weight is 487 g/mol. The van der Waals surface area contributed by atoms with Crippen LogP contribution in [-0.4, -0.2) is 29.0 Å². The van der Waals surface area contributed by atoms with E-state index in [1.54, 1.807) is 6.20 Å². The summed E-state index contributed by atoms with van der Waals surface area (Å²) in [5.41, 5.74) is 1.59. The van der Waals surface area contributed by atoms with Gasteiger partial charge in [0.05, 0.1) is 16.3 Å². The Morgan fingerprint density at radius 2 is 1.85 bits per heavy atom. The van der Waals surface area contributed by atoms with Crippen molar-refractivity contribution >= 4 is 41.2 Å². The zero-order valence-corrected chi connectivity index (χ0v) is 18.9. The van der Waals surface area contributed by atoms with Crippen LogP contribution in [0, 0.1) is 5.92 Å². The molecule has 1 aromatic carbocycles. The number of carbonyl (C=O) groups excluding carboxylic acids is 1. The summed E-state index contributed by atoms with van der Waals surface area (Å²) in [6.45, 7) is 0.950. The Kier molecular flexibility index (Phi) is 7.17. The third-order valence-electron chi connectivity index (χ3n) is 5.60. The molecule has 0 radical (unpaired) electrons. The van der Waals surface area contributed by atoms with Crippen molar-refractivity contribution in [1.82, 2.24) is 9.97 Å². The van der Waals surface area contributed by atoms with Gasteiger partial charge in [-0.15, -0.1) is 0 Å². The van der Waals surface area contributed by atoms with Crippen LogP contribution in [0.1, 0.15) is 29.7 Å². The summed E-state index contributed by atoms with van der Waals surface area (Å²) < 4.78 is 38.5. The van der Waals surface area contributed by atoms with Crippen molar-refractivity contribution in [2.45, 2.75) is 19.0 Å². The van der Waals surface area contributed by atoms with Crippen LogP contribution in [0.15, 0.2) is 60.9 Å². The van der Waals surface area contributed by atoms with E-state index in [0.717, 1.165) is 23.5 Å². The van der Waals surface area contributed by atoms with Gasteiger partial charge in [-0.2, -0.15) is 13.2 Å². The van der Waals surface area contributed by atoms with Gasteiger partial charge in [0.25, 0.3) is 0 Å². The number of benzene rings is 1. The number of piperidine rings is 1. The Balaban J connectivity index is 1.34. The first-order valence-electron chi connectivity index (χ1n) is 10.8. The fraction of sp³-hybridized carbons (Fsp3) is 0.240. The van der Waals surface area contributed by atoms with Crippen molar-refractivity contribution in [3.05, 3.63) is 82.8 Å². The Hall–Kier alpha value is -3.39. The largest absolute Gasteiger partial charge is 0.417 e. The van der Waals surface area contributed by atoms with Gasteiger partial charge in [0, 0.05) is 37.1 Å². The number of hydrogen-bond donors (Lipinski definition) is 1. The molecule has 9 heteroatoms. The van der Waals surface area contributed by atoms with E-state index >= 15 is 0 Å². The van der Waals surface area contributed by atoms with Gasteiger partial charge in [0.15, 0.2) is 0 Å². The SMILES string of the molecule is O=C(Nc1cccc(C=Cc2ccccn2)c1)C1CCN(c2ncc(C(F)(F)F)cc2Cl)CC1. The third kappa shape index (κ3) is 5.94. The van der Waals surface area contributed by atoms with E-state index < -0.39 is 11.7 Å². The molecule has 1 amide bonds. The van der Waals surface area contributed by atoms with E-state index in [1.165, 1.54) is 0 Å². The van der Waals surface area contributed by atoms with Crippen LogP contribution in [0.5, 0.6) is 0 Å². The lowest BCUT2D eigenvalue weighted by molar-refractivity contribution is -0.137. The average Bonchev–Trinajstić information content (AvgIpc) is 2.83. The van der Waals surface area contributed by atoms with Gasteiger partial charge in [-0.1, -0.05) is 35.9 Å². The first-order valence-corrected chi connectivity index (χ1v) is 11.1. The smallest absolute Gasteiger partial charge is 0.355 e. The minimum absolute atomic E-state index is 0.0479. The Bertz CT molecular complexity index is 1180. The number of nitrogens with zero attached hydrogens (tertiary/aromatic N) is 3. The van der Waals surface area contributed by atoms with E-state index in [4.69, 9.17) is 11.6 Å². The maximum absolute atomic E-state index is 12.8. The van der Waals surface area contributed by atoms with Crippen LogP contribution in [0.25, 0.3) is 12.2 Å². The third-order valence-corrected chi connectivity index (χ3v) is 5.88. The van der Waals surface area contributed by atoms with E-state index in [0.29, 0.717) is 37.4 Å². The highest BCUT2D eigenvalue weighted by molar-refractivity contribution is 6.33. The predicted molar refractivity (Wildman–Crippen MR) is 127 cm³/mol. The summed E-state index contributed by atoms with van der Waals surface area (Å²) in [6.07, 6.45) is 2.94. The van der Waals surface area contributed by atoms with Crippen molar-refractivity contribution in [2.24, 2.45) is 5.92 Å². The van der Waals surface area contributed by atoms with Gasteiger partial charge in [0.2, 0.25) is 5.91 Å². The molecule has 5 nitrogen and oxygen atoms in total. The molecule has 176 valence electrons. The lowest BCUT2D eigenvalue weighted by Gasteiger charge is -2.32. The first kappa shape index (κ1) is 23.8. The number of amides is 1. The van der Waals surface area contributed by atoms with Crippen molar-refractivity contribution in [2.75, 3.05) is 23.3 Å². The quantitative estimate of drug-likeness (QED) is 0.468. The van der Waals surface area contributed by atoms with E-state index in [2.05, 4.69) is 15.3 Å². The number of halogens is 4. The molecule has 0 saturated carbocycles. The van der Waals surface area contributed by atoms with Crippen LogP contribution in [0.4, 0.5) is 24.7 Å². The summed E-state index contributed by atoms with van der Waals surface area (Å²) >= 11 is 6.06. The van der Waals surface area contributed by atoms with Crippen molar-refractivity contribution < 1.29 is 18.0 Å². The molecule has 1 fully saturated rings. The summed E-state index contributed by atoms with van der Waals surface area (Å²) in [7, 11) is 0. The molecular formula is C25H22ClF3N4O. The first-order chi connectivity index (χ1) is 16.3. The van der Waals surface area contributed by atoms with Crippen molar-refractivity contribution in [1.29, 1.82) is 0 Å². The maximum Gasteiger partial charge on any atom is 0.417 e. The number of anilines is 2. The lowest BCUT2D eigenvalue weighted by Crippen LogP contribution is -2.38. The lowest BCUT2D eigenvalue weighted by atomic mass is 9.95. The Morgan fingerprint density at radius 1 is 1.06 bits per heavy atom. The fourth-order valence-electron chi connectivity index (χ4n) is 3.79. The minimum Gasteiger partial charge on any atom is -0.355 e. The minimum atomic E-state index is -4.49. The molecule has 4 rings (SSSR count). The van der Waals surface area contributed by atoms with Crippen LogP contribution in [0.2, 0.25) is 5.02 Å². The number of aromatic nitrogens is 2. The van der Waals surface area contributed by atoms with E-state index in [1.807, 2.05) is 59.5 Å². The molecule has 3 aromatic rings. The zero-order valence-electron chi connectivity index (χ0n) is 18.1. The second kappa shape index (κ2) is 10.3. The van der Waals surface area contributed by atoms with Gasteiger partial charge < -0.3 is 10.2 Å². The number of hydrogen-bond acceptors (Lipinski definition) is 4. The van der Waals surface area contributed by atoms with Gasteiger partial charge in [0.1, 0.15) is 5.82 Å². The van der Waals surface area contributed by atoms with Crippen molar-refractivity contribution in [3.8, 4) is 0 Å². The van der Waals surface area contributed by atoms with Crippen LogP contribution in [-0.2, 0) is 11.0 Å². The molecule has 0 atom stereocenters. The van der Waals surface area contributed by atoms with Gasteiger partial charge >= 0.3 is 6.18 Å². The van der Waals surface area contributed by atoms with Crippen LogP contribution < -0.4 is 10.2 Å². The maximum atomic E-state index is 12.8.